The molecule has 0 aromatic carbocycles. The minimum Gasteiger partial charge on any atom is -0.390 e. The highest BCUT2D eigenvalue weighted by Crippen LogP contribution is 1.97. The Morgan fingerprint density at radius 2 is 1.64 bits per heavy atom. The number of rotatable bonds is 1. The van der Waals surface area contributed by atoms with Crippen LogP contribution in [0.3, 0.4) is 0 Å². The van der Waals surface area contributed by atoms with Gasteiger partial charge in [-0.2, -0.15) is 0 Å². The lowest BCUT2D eigenvalue weighted by atomic mass is 10.2. The molecule has 0 aliphatic heterocycles. The minimum atomic E-state index is -1.40. The summed E-state index contributed by atoms with van der Waals surface area (Å²) in [4.78, 5) is 0. The fraction of sp³-hybridized carbons (Fsp3) is 0.750. The first-order valence-corrected chi connectivity index (χ1v) is 7.22. The summed E-state index contributed by atoms with van der Waals surface area (Å²) in [6.45, 7) is 7.81. The maximum Gasteiger partial charge on any atom is 0.139 e. The molecule has 0 rings (SSSR count). The zero-order valence-corrected chi connectivity index (χ0v) is 8.55. The third-order valence-corrected chi connectivity index (χ3v) is 1.95. The van der Waals surface area contributed by atoms with E-state index in [0.29, 0.717) is 0 Å². The van der Waals surface area contributed by atoms with Crippen molar-refractivity contribution in [3.63, 3.8) is 0 Å². The molecular weight excluding hydrogens is 156 g/mol. The average Bonchev–Trinajstić information content (AvgIpc) is 1.80. The van der Waals surface area contributed by atoms with Crippen molar-refractivity contribution in [3.8, 4) is 11.5 Å². The van der Waals surface area contributed by atoms with E-state index >= 15 is 0 Å². The molecule has 0 saturated heterocycles. The van der Waals surface area contributed by atoms with Crippen LogP contribution in [0.1, 0.15) is 6.92 Å². The summed E-state index contributed by atoms with van der Waals surface area (Å²) in [7, 11) is -1.40. The molecule has 0 saturated carbocycles. The van der Waals surface area contributed by atoms with Gasteiger partial charge in [-0.15, -0.1) is 5.54 Å². The summed E-state index contributed by atoms with van der Waals surface area (Å²) in [6, 6.07) is 0. The largest absolute Gasteiger partial charge is 0.390 e. The molecule has 0 aliphatic rings. The lowest BCUT2D eigenvalue weighted by Crippen LogP contribution is -2.23. The third kappa shape index (κ3) is 6.11. The number of aliphatic hydroxyl groups is 2. The van der Waals surface area contributed by atoms with Crippen LogP contribution in [0, 0.1) is 11.5 Å². The van der Waals surface area contributed by atoms with Gasteiger partial charge in [0.05, 0.1) is 6.10 Å². The van der Waals surface area contributed by atoms with Gasteiger partial charge in [-0.25, -0.2) is 0 Å². The summed E-state index contributed by atoms with van der Waals surface area (Å²) >= 11 is 0. The fourth-order valence-electron chi connectivity index (χ4n) is 0.411. The summed E-state index contributed by atoms with van der Waals surface area (Å²) in [5.41, 5.74) is 2.98. The molecule has 2 N–H and O–H groups in total. The normalized spacial score (nSPS) is 16.5. The van der Waals surface area contributed by atoms with Gasteiger partial charge in [0.25, 0.3) is 0 Å². The summed E-state index contributed by atoms with van der Waals surface area (Å²) < 4.78 is 0. The van der Waals surface area contributed by atoms with Crippen LogP contribution in [0.15, 0.2) is 0 Å². The van der Waals surface area contributed by atoms with Gasteiger partial charge >= 0.3 is 0 Å². The van der Waals surface area contributed by atoms with Crippen LogP contribution in [0.4, 0.5) is 0 Å². The van der Waals surface area contributed by atoms with Crippen molar-refractivity contribution in [3.05, 3.63) is 0 Å². The molecule has 0 heterocycles. The van der Waals surface area contributed by atoms with Gasteiger partial charge in [-0.1, -0.05) is 25.6 Å². The van der Waals surface area contributed by atoms with Gasteiger partial charge < -0.3 is 10.2 Å². The van der Waals surface area contributed by atoms with Crippen molar-refractivity contribution in [1.29, 1.82) is 0 Å². The van der Waals surface area contributed by atoms with E-state index < -0.39 is 20.3 Å². The van der Waals surface area contributed by atoms with Crippen molar-refractivity contribution >= 4 is 8.07 Å². The fourth-order valence-corrected chi connectivity index (χ4v) is 0.992. The second kappa shape index (κ2) is 3.91. The monoisotopic (exact) mass is 172 g/mol. The highest BCUT2D eigenvalue weighted by molar-refractivity contribution is 6.83. The van der Waals surface area contributed by atoms with E-state index in [2.05, 4.69) is 31.1 Å². The van der Waals surface area contributed by atoms with E-state index in [1.165, 1.54) is 6.92 Å². The zero-order valence-electron chi connectivity index (χ0n) is 7.55. The molecule has 11 heavy (non-hydrogen) atoms. The highest BCUT2D eigenvalue weighted by Gasteiger charge is 2.10. The first-order valence-electron chi connectivity index (χ1n) is 3.72. The maximum absolute atomic E-state index is 9.09. The minimum absolute atomic E-state index is 0.751. The molecule has 2 nitrogen and oxygen atoms in total. The van der Waals surface area contributed by atoms with E-state index in [4.69, 9.17) is 10.2 Å². The van der Waals surface area contributed by atoms with Crippen LogP contribution in [0.25, 0.3) is 0 Å². The number of aliphatic hydroxyl groups excluding tert-OH is 2. The molecule has 2 atom stereocenters. The molecule has 0 fully saturated rings. The maximum atomic E-state index is 9.09. The topological polar surface area (TPSA) is 40.5 Å². The van der Waals surface area contributed by atoms with Crippen LogP contribution in [0.5, 0.6) is 0 Å². The van der Waals surface area contributed by atoms with E-state index in [1.54, 1.807) is 0 Å². The molecule has 0 radical (unpaired) electrons. The molecule has 0 aromatic rings. The average molecular weight is 172 g/mol. The Hall–Kier alpha value is -0.303. The number of hydrogen-bond donors (Lipinski definition) is 2. The number of hydrogen-bond acceptors (Lipinski definition) is 2. The predicted octanol–water partition coefficient (Wildman–Crippen LogP) is 0.609. The summed E-state index contributed by atoms with van der Waals surface area (Å²) in [5.74, 6) is 2.64. The lowest BCUT2D eigenvalue weighted by molar-refractivity contribution is 0.0678. The molecule has 0 aromatic heterocycles. The smallest absolute Gasteiger partial charge is 0.139 e. The molecule has 0 bridgehead atoms. The second-order valence-electron chi connectivity index (χ2n) is 3.70. The van der Waals surface area contributed by atoms with Crippen molar-refractivity contribution < 1.29 is 10.2 Å². The highest BCUT2D eigenvalue weighted by atomic mass is 28.3. The van der Waals surface area contributed by atoms with Crippen LogP contribution < -0.4 is 0 Å². The molecule has 3 heteroatoms. The van der Waals surface area contributed by atoms with Gasteiger partial charge in [0.2, 0.25) is 0 Å². The van der Waals surface area contributed by atoms with Crippen LogP contribution in [0.2, 0.25) is 19.6 Å². The van der Waals surface area contributed by atoms with Crippen molar-refractivity contribution in [2.75, 3.05) is 0 Å². The zero-order chi connectivity index (χ0) is 9.07. The van der Waals surface area contributed by atoms with Gasteiger partial charge in [0.15, 0.2) is 0 Å². The van der Waals surface area contributed by atoms with Crippen molar-refractivity contribution in [2.45, 2.75) is 38.8 Å². The third-order valence-electron chi connectivity index (χ3n) is 1.05. The summed E-state index contributed by atoms with van der Waals surface area (Å²) in [6.07, 6.45) is -1.64. The van der Waals surface area contributed by atoms with Crippen molar-refractivity contribution in [2.24, 2.45) is 0 Å². The molecule has 0 spiro atoms. The first-order chi connectivity index (χ1) is 4.83. The molecule has 0 aliphatic carbocycles. The Kier molecular flexibility index (Phi) is 3.80. The molecule has 64 valence electrons. The van der Waals surface area contributed by atoms with E-state index in [0.717, 1.165) is 0 Å². The SMILES string of the molecule is C[C@@H](O)[C@H](O)C#C[Si](C)(C)C. The van der Waals surface area contributed by atoms with E-state index in [-0.39, 0.29) is 0 Å². The molecular formula is C8H16O2Si. The summed E-state index contributed by atoms with van der Waals surface area (Å²) in [5, 5.41) is 18.0. The van der Waals surface area contributed by atoms with Crippen LogP contribution >= 0.6 is 0 Å². The van der Waals surface area contributed by atoms with Gasteiger partial charge in [-0.05, 0) is 6.92 Å². The van der Waals surface area contributed by atoms with E-state index in [9.17, 15) is 0 Å². The van der Waals surface area contributed by atoms with Crippen LogP contribution in [-0.2, 0) is 0 Å². The van der Waals surface area contributed by atoms with E-state index in [1.807, 2.05) is 0 Å². The Balaban J connectivity index is 4.08. The quantitative estimate of drug-likeness (QED) is 0.449. The Labute approximate surface area is 69.3 Å². The molecule has 0 amide bonds. The van der Waals surface area contributed by atoms with Gasteiger partial charge in [0, 0.05) is 0 Å². The standard InChI is InChI=1S/C8H16O2Si/c1-7(9)8(10)5-6-11(2,3)4/h7-10H,1-4H3/t7-,8-/m1/s1. The Bertz CT molecular complexity index is 171. The predicted molar refractivity (Wildman–Crippen MR) is 48.8 cm³/mol. The first kappa shape index (κ1) is 10.7. The molecule has 0 unspecified atom stereocenters. The Morgan fingerprint density at radius 1 is 1.18 bits per heavy atom. The Morgan fingerprint density at radius 3 is 1.91 bits per heavy atom. The lowest BCUT2D eigenvalue weighted by Gasteiger charge is -2.08. The van der Waals surface area contributed by atoms with Gasteiger partial charge in [0.1, 0.15) is 14.2 Å². The van der Waals surface area contributed by atoms with Crippen molar-refractivity contribution in [1.82, 2.24) is 0 Å². The second-order valence-corrected chi connectivity index (χ2v) is 8.45. The van der Waals surface area contributed by atoms with Gasteiger partial charge in [-0.3, -0.25) is 0 Å². The van der Waals surface area contributed by atoms with Crippen LogP contribution in [-0.4, -0.2) is 30.5 Å².